The summed E-state index contributed by atoms with van der Waals surface area (Å²) >= 11 is 7.66. The van der Waals surface area contributed by atoms with Crippen LogP contribution in [0.4, 0.5) is 13.2 Å². The molecule has 4 nitrogen and oxygen atoms in total. The Morgan fingerprint density at radius 1 is 1.11 bits per heavy atom. The summed E-state index contributed by atoms with van der Waals surface area (Å²) in [6, 6.07) is 12.3. The highest BCUT2D eigenvalue weighted by molar-refractivity contribution is 7.98. The second kappa shape index (κ2) is 8.87. The van der Waals surface area contributed by atoms with Gasteiger partial charge in [-0.2, -0.15) is 13.2 Å². The maximum Gasteiger partial charge on any atom is 0.416 e. The minimum Gasteiger partial charge on any atom is -0.486 e. The van der Waals surface area contributed by atoms with Crippen LogP contribution < -0.4 is 4.74 Å². The lowest BCUT2D eigenvalue weighted by atomic mass is 10.2. The van der Waals surface area contributed by atoms with Crippen molar-refractivity contribution in [1.29, 1.82) is 0 Å². The average Bonchev–Trinajstić information content (AvgIpc) is 3.07. The molecule has 1 aromatic heterocycles. The lowest BCUT2D eigenvalue weighted by molar-refractivity contribution is -0.137. The third kappa shape index (κ3) is 4.99. The normalized spacial score (nSPS) is 11.6. The number of aromatic nitrogens is 3. The van der Waals surface area contributed by atoms with E-state index in [1.54, 1.807) is 0 Å². The van der Waals surface area contributed by atoms with Gasteiger partial charge in [0.05, 0.1) is 5.56 Å². The van der Waals surface area contributed by atoms with Gasteiger partial charge in [0.1, 0.15) is 12.4 Å². The van der Waals surface area contributed by atoms with Crippen molar-refractivity contribution in [3.63, 3.8) is 0 Å². The molecule has 0 unspecified atom stereocenters. The Kier molecular flexibility index (Phi) is 6.51. The fourth-order valence-corrected chi connectivity index (χ4v) is 3.83. The largest absolute Gasteiger partial charge is 0.486 e. The van der Waals surface area contributed by atoms with E-state index in [0.29, 0.717) is 28.3 Å². The van der Waals surface area contributed by atoms with Gasteiger partial charge in [-0.15, -0.1) is 10.2 Å². The topological polar surface area (TPSA) is 39.9 Å². The first-order valence-corrected chi connectivity index (χ1v) is 9.83. The molecule has 0 aliphatic carbocycles. The Balaban J connectivity index is 1.68. The number of alkyl halides is 3. The number of benzene rings is 2. The fraction of sp³-hybridized carbons (Fsp3) is 0.263. The molecule has 0 spiro atoms. The van der Waals surface area contributed by atoms with Gasteiger partial charge in [-0.3, -0.25) is 0 Å². The number of ether oxygens (including phenoxy) is 1. The molecule has 0 saturated carbocycles. The molecule has 148 valence electrons. The summed E-state index contributed by atoms with van der Waals surface area (Å²) in [5, 5.41) is 9.68. The summed E-state index contributed by atoms with van der Waals surface area (Å²) in [6.45, 7) is 2.57. The van der Waals surface area contributed by atoms with Crippen molar-refractivity contribution in [2.75, 3.05) is 0 Å². The summed E-state index contributed by atoms with van der Waals surface area (Å²) in [6.07, 6.45) is -4.41. The molecule has 0 fully saturated rings. The van der Waals surface area contributed by atoms with Gasteiger partial charge < -0.3 is 9.30 Å². The van der Waals surface area contributed by atoms with Crippen LogP contribution in [-0.4, -0.2) is 14.8 Å². The van der Waals surface area contributed by atoms with Crippen LogP contribution in [0.3, 0.4) is 0 Å². The maximum absolute atomic E-state index is 12.8. The minimum absolute atomic E-state index is 0.0226. The summed E-state index contributed by atoms with van der Waals surface area (Å²) in [4.78, 5) is 0. The molecule has 0 N–H and O–H groups in total. The van der Waals surface area contributed by atoms with Gasteiger partial charge in [-0.1, -0.05) is 47.6 Å². The molecule has 1 heterocycles. The first kappa shape index (κ1) is 20.5. The van der Waals surface area contributed by atoms with Crippen LogP contribution in [0.5, 0.6) is 5.75 Å². The summed E-state index contributed by atoms with van der Waals surface area (Å²) < 4.78 is 45.8. The molecular formula is C19H17ClF3N3OS. The van der Waals surface area contributed by atoms with Gasteiger partial charge in [-0.05, 0) is 36.8 Å². The third-order valence-corrected chi connectivity index (χ3v) is 5.34. The first-order valence-electron chi connectivity index (χ1n) is 8.47. The molecular weight excluding hydrogens is 411 g/mol. The van der Waals surface area contributed by atoms with Crippen molar-refractivity contribution in [2.45, 2.75) is 37.2 Å². The quantitative estimate of drug-likeness (QED) is 0.444. The molecule has 0 amide bonds. The second-order valence-electron chi connectivity index (χ2n) is 5.84. The maximum atomic E-state index is 12.8. The number of hydrogen-bond donors (Lipinski definition) is 0. The number of nitrogens with zero attached hydrogens (tertiary/aromatic N) is 3. The van der Waals surface area contributed by atoms with Crippen LogP contribution in [0.25, 0.3) is 0 Å². The van der Waals surface area contributed by atoms with E-state index in [2.05, 4.69) is 10.2 Å². The van der Waals surface area contributed by atoms with E-state index in [-0.39, 0.29) is 12.4 Å². The van der Waals surface area contributed by atoms with Crippen molar-refractivity contribution in [1.82, 2.24) is 14.8 Å². The lowest BCUT2D eigenvalue weighted by Gasteiger charge is -2.11. The predicted molar refractivity (Wildman–Crippen MR) is 102 cm³/mol. The Morgan fingerprint density at radius 3 is 2.61 bits per heavy atom. The molecule has 0 atom stereocenters. The van der Waals surface area contributed by atoms with E-state index in [9.17, 15) is 13.2 Å². The molecule has 2 aromatic carbocycles. The summed E-state index contributed by atoms with van der Waals surface area (Å²) in [5.41, 5.74) is 0.236. The summed E-state index contributed by atoms with van der Waals surface area (Å²) in [5.74, 6) is 1.30. The van der Waals surface area contributed by atoms with E-state index in [1.165, 1.54) is 23.9 Å². The molecule has 28 heavy (non-hydrogen) atoms. The molecule has 9 heteroatoms. The van der Waals surface area contributed by atoms with Gasteiger partial charge in [0, 0.05) is 17.3 Å². The SMILES string of the molecule is CCn1c(COc2cccc(C(F)(F)F)c2)nnc1SCc1ccccc1Cl. The van der Waals surface area contributed by atoms with Crippen molar-refractivity contribution in [3.05, 3.63) is 70.5 Å². The van der Waals surface area contributed by atoms with Crippen molar-refractivity contribution in [3.8, 4) is 5.75 Å². The second-order valence-corrected chi connectivity index (χ2v) is 7.19. The Hall–Kier alpha value is -2.19. The van der Waals surface area contributed by atoms with Crippen molar-refractivity contribution in [2.24, 2.45) is 0 Å². The zero-order valence-electron chi connectivity index (χ0n) is 14.9. The van der Waals surface area contributed by atoms with Crippen LogP contribution in [0, 0.1) is 0 Å². The van der Waals surface area contributed by atoms with Gasteiger partial charge >= 0.3 is 6.18 Å². The highest BCUT2D eigenvalue weighted by atomic mass is 35.5. The molecule has 0 bridgehead atoms. The molecule has 3 rings (SSSR count). The number of halogens is 4. The number of rotatable bonds is 7. The number of hydrogen-bond acceptors (Lipinski definition) is 4. The predicted octanol–water partition coefficient (Wildman–Crippen LogP) is 5.84. The smallest absolute Gasteiger partial charge is 0.416 e. The van der Waals surface area contributed by atoms with Crippen LogP contribution in [0.2, 0.25) is 5.02 Å². The van der Waals surface area contributed by atoms with Gasteiger partial charge in [0.2, 0.25) is 0 Å². The third-order valence-electron chi connectivity index (χ3n) is 3.95. The molecule has 0 aliphatic heterocycles. The molecule has 0 radical (unpaired) electrons. The Bertz CT molecular complexity index is 946. The van der Waals surface area contributed by atoms with Crippen molar-refractivity contribution >= 4 is 23.4 Å². The monoisotopic (exact) mass is 427 g/mol. The fourth-order valence-electron chi connectivity index (χ4n) is 2.52. The van der Waals surface area contributed by atoms with Gasteiger partial charge in [0.15, 0.2) is 11.0 Å². The van der Waals surface area contributed by atoms with E-state index >= 15 is 0 Å². The minimum atomic E-state index is -4.41. The van der Waals surface area contributed by atoms with E-state index < -0.39 is 11.7 Å². The van der Waals surface area contributed by atoms with E-state index in [4.69, 9.17) is 16.3 Å². The summed E-state index contributed by atoms with van der Waals surface area (Å²) in [7, 11) is 0. The van der Waals surface area contributed by atoms with Crippen LogP contribution in [-0.2, 0) is 25.1 Å². The molecule has 3 aromatic rings. The molecule has 0 saturated heterocycles. The van der Waals surface area contributed by atoms with Crippen LogP contribution in [0.1, 0.15) is 23.9 Å². The van der Waals surface area contributed by atoms with Gasteiger partial charge in [-0.25, -0.2) is 0 Å². The average molecular weight is 428 g/mol. The van der Waals surface area contributed by atoms with Crippen LogP contribution in [0.15, 0.2) is 53.7 Å². The van der Waals surface area contributed by atoms with Gasteiger partial charge in [0.25, 0.3) is 0 Å². The lowest BCUT2D eigenvalue weighted by Crippen LogP contribution is -2.08. The highest BCUT2D eigenvalue weighted by Crippen LogP contribution is 2.31. The highest BCUT2D eigenvalue weighted by Gasteiger charge is 2.30. The van der Waals surface area contributed by atoms with Crippen molar-refractivity contribution < 1.29 is 17.9 Å². The molecule has 0 aliphatic rings. The zero-order chi connectivity index (χ0) is 20.1. The Labute approximate surface area is 169 Å². The Morgan fingerprint density at radius 2 is 1.89 bits per heavy atom. The zero-order valence-corrected chi connectivity index (χ0v) is 16.5. The standard InChI is InChI=1S/C19H17ClF3N3OS/c1-2-26-17(11-27-15-8-5-7-14(10-15)19(21,22)23)24-25-18(26)28-12-13-6-3-4-9-16(13)20/h3-10H,2,11-12H2,1H3. The first-order chi connectivity index (χ1) is 13.4. The van der Waals surface area contributed by atoms with E-state index in [1.807, 2.05) is 35.8 Å². The van der Waals surface area contributed by atoms with E-state index in [0.717, 1.165) is 17.7 Å². The van der Waals surface area contributed by atoms with Crippen LogP contribution >= 0.6 is 23.4 Å². The number of thioether (sulfide) groups is 1.